The third kappa shape index (κ3) is 4.15. The minimum atomic E-state index is -3.60. The second-order valence-corrected chi connectivity index (χ2v) is 15.7. The summed E-state index contributed by atoms with van der Waals surface area (Å²) in [4.78, 5) is 0.282. The fourth-order valence-corrected chi connectivity index (χ4v) is 4.75. The zero-order valence-corrected chi connectivity index (χ0v) is 17.8. The average Bonchev–Trinajstić information content (AvgIpc) is 2.42. The molecular formula is C15H12Br3ClO2S. The largest absolute Gasteiger partial charge is 0.239 e. The Bertz CT molecular complexity index is 781. The fourth-order valence-electron chi connectivity index (χ4n) is 2.01. The summed E-state index contributed by atoms with van der Waals surface area (Å²) in [5, 5.41) is 0.679. The normalized spacial score (nSPS) is 12.4. The van der Waals surface area contributed by atoms with Crippen molar-refractivity contribution in [2.45, 2.75) is 19.7 Å². The molecule has 0 aliphatic carbocycles. The van der Waals surface area contributed by atoms with E-state index >= 15 is 0 Å². The lowest BCUT2D eigenvalue weighted by Gasteiger charge is -2.16. The predicted molar refractivity (Wildman–Crippen MR) is 102 cm³/mol. The van der Waals surface area contributed by atoms with Crippen molar-refractivity contribution in [3.05, 3.63) is 64.2 Å². The maximum Gasteiger partial charge on any atom is 0.239 e. The van der Waals surface area contributed by atoms with Crippen LogP contribution >= 0.6 is 59.4 Å². The van der Waals surface area contributed by atoms with Gasteiger partial charge in [-0.3, -0.25) is 0 Å². The zero-order valence-electron chi connectivity index (χ0n) is 11.5. The molecule has 2 rings (SSSR count). The smallest absolute Gasteiger partial charge is 0.220 e. The molecule has 0 spiro atoms. The molecule has 22 heavy (non-hydrogen) atoms. The molecule has 0 saturated heterocycles. The lowest BCUT2D eigenvalue weighted by molar-refractivity contribution is 0.598. The standard InChI is InChI=1S/C15H12Br3ClO2S/c1-10-2-3-12(8-11-4-6-13(19)7-5-11)9-14(10)22(20,21)15(16,17)18/h2-7,9H,8H2,1H3. The van der Waals surface area contributed by atoms with E-state index in [2.05, 4.69) is 47.8 Å². The van der Waals surface area contributed by atoms with Crippen molar-refractivity contribution >= 4 is 69.2 Å². The van der Waals surface area contributed by atoms with Crippen LogP contribution in [0.5, 0.6) is 0 Å². The maximum absolute atomic E-state index is 12.6. The summed E-state index contributed by atoms with van der Waals surface area (Å²) < 4.78 is 23.8. The van der Waals surface area contributed by atoms with Gasteiger partial charge in [0.25, 0.3) is 0 Å². The first-order chi connectivity index (χ1) is 10.1. The van der Waals surface area contributed by atoms with Gasteiger partial charge in [-0.1, -0.05) is 35.9 Å². The molecule has 2 nitrogen and oxygen atoms in total. The van der Waals surface area contributed by atoms with Crippen molar-refractivity contribution in [3.8, 4) is 0 Å². The van der Waals surface area contributed by atoms with Gasteiger partial charge in [0.15, 0.2) is 0 Å². The highest BCUT2D eigenvalue weighted by Crippen LogP contribution is 2.44. The maximum atomic E-state index is 12.6. The van der Waals surface area contributed by atoms with Crippen LogP contribution in [-0.2, 0) is 16.3 Å². The molecule has 0 heterocycles. The van der Waals surface area contributed by atoms with Gasteiger partial charge in [0, 0.05) is 5.02 Å². The Labute approximate surface area is 160 Å². The van der Waals surface area contributed by atoms with Gasteiger partial charge in [-0.25, -0.2) is 8.42 Å². The number of aryl methyl sites for hydroxylation is 1. The molecule has 2 aromatic carbocycles. The Morgan fingerprint density at radius 3 is 2.09 bits per heavy atom. The van der Waals surface area contributed by atoms with Crippen LogP contribution in [0.15, 0.2) is 47.4 Å². The van der Waals surface area contributed by atoms with Crippen molar-refractivity contribution in [1.29, 1.82) is 0 Å². The molecule has 118 valence electrons. The Kier molecular flexibility index (Phi) is 5.82. The van der Waals surface area contributed by atoms with Gasteiger partial charge in [0.2, 0.25) is 11.3 Å². The summed E-state index contributed by atoms with van der Waals surface area (Å²) in [5.41, 5.74) is 2.69. The second kappa shape index (κ2) is 6.93. The summed E-state index contributed by atoms with van der Waals surface area (Å²) in [7, 11) is -3.60. The van der Waals surface area contributed by atoms with E-state index in [1.165, 1.54) is 0 Å². The van der Waals surface area contributed by atoms with E-state index in [0.29, 0.717) is 17.0 Å². The van der Waals surface area contributed by atoms with Crippen LogP contribution in [0.3, 0.4) is 0 Å². The molecule has 0 radical (unpaired) electrons. The molecule has 7 heteroatoms. The SMILES string of the molecule is Cc1ccc(Cc2ccc(Cl)cc2)cc1S(=O)(=O)C(Br)(Br)Br. The quantitative estimate of drug-likeness (QED) is 0.469. The minimum Gasteiger partial charge on any atom is -0.220 e. The van der Waals surface area contributed by atoms with Crippen molar-refractivity contribution in [2.75, 3.05) is 0 Å². The first-order valence-corrected chi connectivity index (χ1v) is 10.5. The average molecular weight is 531 g/mol. The summed E-state index contributed by atoms with van der Waals surface area (Å²) in [6.45, 7) is 1.78. The number of alkyl halides is 3. The highest BCUT2D eigenvalue weighted by Gasteiger charge is 2.38. The zero-order chi connectivity index (χ0) is 16.5. The van der Waals surface area contributed by atoms with Crippen LogP contribution in [0.1, 0.15) is 16.7 Å². The second-order valence-electron chi connectivity index (χ2n) is 4.85. The number of halogens is 4. The molecule has 0 unspecified atom stereocenters. The number of benzene rings is 2. The first-order valence-electron chi connectivity index (χ1n) is 6.26. The van der Waals surface area contributed by atoms with Gasteiger partial charge in [0.1, 0.15) is 0 Å². The summed E-state index contributed by atoms with van der Waals surface area (Å²) in [6, 6.07) is 13.0. The first kappa shape index (κ1) is 18.5. The minimum absolute atomic E-state index is 0.282. The molecule has 0 N–H and O–H groups in total. The molecule has 0 aliphatic rings. The van der Waals surface area contributed by atoms with E-state index in [-0.39, 0.29) is 4.90 Å². The van der Waals surface area contributed by atoms with Crippen LogP contribution < -0.4 is 0 Å². The van der Waals surface area contributed by atoms with Crippen molar-refractivity contribution < 1.29 is 8.42 Å². The van der Waals surface area contributed by atoms with Crippen LogP contribution in [0.25, 0.3) is 0 Å². The van der Waals surface area contributed by atoms with Crippen molar-refractivity contribution in [2.24, 2.45) is 0 Å². The molecule has 0 saturated carbocycles. The Morgan fingerprint density at radius 1 is 1.00 bits per heavy atom. The predicted octanol–water partition coefficient (Wildman–Crippen LogP) is 5.81. The van der Waals surface area contributed by atoms with E-state index < -0.39 is 11.3 Å². The number of sulfone groups is 1. The number of hydrogen-bond acceptors (Lipinski definition) is 2. The highest BCUT2D eigenvalue weighted by atomic mass is 80.0. The van der Waals surface area contributed by atoms with Crippen LogP contribution in [0, 0.1) is 6.92 Å². The summed E-state index contributed by atoms with van der Waals surface area (Å²) in [6.07, 6.45) is 0.639. The molecular weight excluding hydrogens is 519 g/mol. The lowest BCUT2D eigenvalue weighted by atomic mass is 10.0. The van der Waals surface area contributed by atoms with Crippen molar-refractivity contribution in [3.63, 3.8) is 0 Å². The van der Waals surface area contributed by atoms with Gasteiger partial charge >= 0.3 is 0 Å². The van der Waals surface area contributed by atoms with E-state index in [4.69, 9.17) is 11.6 Å². The fraction of sp³-hybridized carbons (Fsp3) is 0.200. The van der Waals surface area contributed by atoms with E-state index in [9.17, 15) is 8.42 Å². The summed E-state index contributed by atoms with van der Waals surface area (Å²) in [5.74, 6) is 0. The Balaban J connectivity index is 2.41. The Hall–Kier alpha value is 0.120. The monoisotopic (exact) mass is 528 g/mol. The lowest BCUT2D eigenvalue weighted by Crippen LogP contribution is -2.19. The van der Waals surface area contributed by atoms with E-state index in [0.717, 1.165) is 11.1 Å². The third-order valence-electron chi connectivity index (χ3n) is 3.17. The van der Waals surface area contributed by atoms with Gasteiger partial charge < -0.3 is 0 Å². The molecule has 0 amide bonds. The number of rotatable bonds is 3. The third-order valence-corrected chi connectivity index (χ3v) is 8.88. The van der Waals surface area contributed by atoms with Crippen LogP contribution in [0.2, 0.25) is 5.02 Å². The Morgan fingerprint density at radius 2 is 1.55 bits per heavy atom. The van der Waals surface area contributed by atoms with Gasteiger partial charge in [-0.2, -0.15) is 0 Å². The van der Waals surface area contributed by atoms with Gasteiger partial charge in [0.05, 0.1) is 4.90 Å². The number of hydrogen-bond donors (Lipinski definition) is 0. The van der Waals surface area contributed by atoms with Crippen molar-refractivity contribution in [1.82, 2.24) is 0 Å². The molecule has 0 fully saturated rings. The molecule has 0 aromatic heterocycles. The van der Waals surface area contributed by atoms with Gasteiger partial charge in [-0.15, -0.1) is 0 Å². The summed E-state index contributed by atoms with van der Waals surface area (Å²) >= 11 is 15.2. The molecule has 0 bridgehead atoms. The van der Waals surface area contributed by atoms with E-state index in [1.54, 1.807) is 13.0 Å². The van der Waals surface area contributed by atoms with E-state index in [1.807, 2.05) is 36.4 Å². The molecule has 0 atom stereocenters. The topological polar surface area (TPSA) is 34.1 Å². The van der Waals surface area contributed by atoms with Crippen LogP contribution in [0.4, 0.5) is 0 Å². The van der Waals surface area contributed by atoms with Crippen LogP contribution in [-0.4, -0.2) is 9.89 Å². The molecule has 0 aliphatic heterocycles. The molecule has 2 aromatic rings. The highest BCUT2D eigenvalue weighted by molar-refractivity contribution is 9.42. The van der Waals surface area contributed by atoms with Gasteiger partial charge in [-0.05, 0) is 96.0 Å².